The molecule has 0 aliphatic carbocycles. The van der Waals surface area contributed by atoms with Crippen LogP contribution in [0.5, 0.6) is 5.75 Å². The van der Waals surface area contributed by atoms with Gasteiger partial charge in [-0.05, 0) is 49.3 Å². The second-order valence-electron chi connectivity index (χ2n) is 7.10. The van der Waals surface area contributed by atoms with Gasteiger partial charge < -0.3 is 14.2 Å². The van der Waals surface area contributed by atoms with E-state index in [0.29, 0.717) is 11.4 Å². The van der Waals surface area contributed by atoms with Gasteiger partial charge in [-0.25, -0.2) is 4.68 Å². The lowest BCUT2D eigenvalue weighted by Gasteiger charge is -2.24. The average Bonchev–Trinajstić information content (AvgIpc) is 3.18. The Morgan fingerprint density at radius 2 is 2.07 bits per heavy atom. The molecule has 0 amide bonds. The van der Waals surface area contributed by atoms with Crippen LogP contribution in [0.3, 0.4) is 0 Å². The summed E-state index contributed by atoms with van der Waals surface area (Å²) >= 11 is 5.63. The molecule has 150 valence electrons. The number of ether oxygens (including phenoxy) is 1. The molecule has 0 fully saturated rings. The van der Waals surface area contributed by atoms with E-state index in [-0.39, 0.29) is 16.7 Å². The highest BCUT2D eigenvalue weighted by Gasteiger charge is 2.28. The van der Waals surface area contributed by atoms with Gasteiger partial charge in [-0.1, -0.05) is 12.1 Å². The summed E-state index contributed by atoms with van der Waals surface area (Å²) in [5.41, 5.74) is 2.94. The topological polar surface area (TPSA) is 78.4 Å². The van der Waals surface area contributed by atoms with E-state index in [9.17, 15) is 10.1 Å². The first-order chi connectivity index (χ1) is 13.9. The molecule has 2 aromatic carbocycles. The van der Waals surface area contributed by atoms with E-state index in [1.54, 1.807) is 23.9 Å². The van der Waals surface area contributed by atoms with Gasteiger partial charge in [0, 0.05) is 30.9 Å². The lowest BCUT2D eigenvalue weighted by Crippen LogP contribution is -2.32. The van der Waals surface area contributed by atoms with Crippen LogP contribution in [0.1, 0.15) is 12.5 Å². The van der Waals surface area contributed by atoms with E-state index in [1.807, 2.05) is 41.9 Å². The molecule has 8 nitrogen and oxygen atoms in total. The van der Waals surface area contributed by atoms with Crippen LogP contribution in [-0.4, -0.2) is 32.4 Å². The van der Waals surface area contributed by atoms with Crippen molar-refractivity contribution in [2.24, 2.45) is 7.05 Å². The highest BCUT2D eigenvalue weighted by atomic mass is 32.1. The molecule has 1 aliphatic rings. The molecule has 0 spiro atoms. The van der Waals surface area contributed by atoms with Crippen molar-refractivity contribution < 1.29 is 9.66 Å². The Kier molecular flexibility index (Phi) is 4.83. The lowest BCUT2D eigenvalue weighted by molar-refractivity contribution is -0.384. The molecule has 0 saturated carbocycles. The third kappa shape index (κ3) is 3.27. The fourth-order valence-electron chi connectivity index (χ4n) is 3.80. The zero-order valence-corrected chi connectivity index (χ0v) is 17.2. The molecule has 1 unspecified atom stereocenters. The van der Waals surface area contributed by atoms with Crippen molar-refractivity contribution >= 4 is 23.6 Å². The number of rotatable bonds is 5. The first kappa shape index (κ1) is 19.1. The third-order valence-corrected chi connectivity index (χ3v) is 5.79. The van der Waals surface area contributed by atoms with Crippen molar-refractivity contribution in [3.05, 3.63) is 62.9 Å². The summed E-state index contributed by atoms with van der Waals surface area (Å²) in [5.74, 6) is 1.46. The van der Waals surface area contributed by atoms with Crippen LogP contribution >= 0.6 is 12.2 Å². The number of methoxy groups -OCH3 is 1. The Balaban J connectivity index is 1.70. The summed E-state index contributed by atoms with van der Waals surface area (Å²) in [6.07, 6.45) is 0.747. The predicted molar refractivity (Wildman–Crippen MR) is 113 cm³/mol. The summed E-state index contributed by atoms with van der Waals surface area (Å²) in [6.45, 7) is 2.56. The largest absolute Gasteiger partial charge is 0.496 e. The highest BCUT2D eigenvalue weighted by Crippen LogP contribution is 2.35. The minimum Gasteiger partial charge on any atom is -0.496 e. The Hall–Kier alpha value is -3.20. The molecule has 29 heavy (non-hydrogen) atoms. The minimum absolute atomic E-state index is 0.116. The smallest absolute Gasteiger partial charge is 0.269 e. The molecule has 3 aromatic rings. The van der Waals surface area contributed by atoms with Gasteiger partial charge >= 0.3 is 0 Å². The maximum atomic E-state index is 11.1. The number of nitro groups is 1. The fourth-order valence-corrected chi connectivity index (χ4v) is 3.98. The molecule has 1 atom stereocenters. The monoisotopic (exact) mass is 411 g/mol. The van der Waals surface area contributed by atoms with E-state index in [2.05, 4.69) is 11.8 Å². The second kappa shape index (κ2) is 7.32. The molecule has 0 saturated heterocycles. The fraction of sp³-hybridized carbons (Fsp3) is 0.300. The summed E-state index contributed by atoms with van der Waals surface area (Å²) in [7, 11) is 3.52. The first-order valence-electron chi connectivity index (χ1n) is 9.22. The molecule has 0 radical (unpaired) electrons. The molecule has 0 bridgehead atoms. The number of hydrogen-bond acceptors (Lipinski definition) is 6. The summed E-state index contributed by atoms with van der Waals surface area (Å²) in [6, 6.07) is 12.9. The number of fused-ring (bicyclic) bond motifs is 1. The highest BCUT2D eigenvalue weighted by molar-refractivity contribution is 7.71. The molecule has 2 heterocycles. The van der Waals surface area contributed by atoms with E-state index in [1.165, 1.54) is 0 Å². The Labute approximate surface area is 173 Å². The zero-order valence-electron chi connectivity index (χ0n) is 16.4. The number of para-hydroxylation sites is 1. The van der Waals surface area contributed by atoms with Crippen molar-refractivity contribution in [3.63, 3.8) is 0 Å². The van der Waals surface area contributed by atoms with Crippen molar-refractivity contribution in [2.45, 2.75) is 26.1 Å². The maximum Gasteiger partial charge on any atom is 0.269 e. The maximum absolute atomic E-state index is 11.1. The van der Waals surface area contributed by atoms with Crippen LogP contribution in [0.4, 0.5) is 11.4 Å². The van der Waals surface area contributed by atoms with Gasteiger partial charge in [0.1, 0.15) is 12.4 Å². The zero-order chi connectivity index (χ0) is 20.7. The second-order valence-corrected chi connectivity index (χ2v) is 7.46. The Morgan fingerprint density at radius 3 is 2.79 bits per heavy atom. The van der Waals surface area contributed by atoms with Crippen molar-refractivity contribution in [3.8, 4) is 17.1 Å². The van der Waals surface area contributed by atoms with E-state index >= 15 is 0 Å². The summed E-state index contributed by atoms with van der Waals surface area (Å²) in [4.78, 5) is 12.9. The van der Waals surface area contributed by atoms with Crippen molar-refractivity contribution in [1.29, 1.82) is 0 Å². The Bertz CT molecular complexity index is 1150. The van der Waals surface area contributed by atoms with E-state index < -0.39 is 0 Å². The van der Waals surface area contributed by atoms with Crippen molar-refractivity contribution in [1.82, 2.24) is 14.3 Å². The number of nitro benzene ring substituents is 1. The number of nitrogens with zero attached hydrogens (tertiary/aromatic N) is 5. The molecule has 9 heteroatoms. The Morgan fingerprint density at radius 1 is 1.31 bits per heavy atom. The molecular weight excluding hydrogens is 390 g/mol. The van der Waals surface area contributed by atoms with Gasteiger partial charge in [0.2, 0.25) is 0 Å². The van der Waals surface area contributed by atoms with Gasteiger partial charge in [-0.2, -0.15) is 0 Å². The van der Waals surface area contributed by atoms with Crippen LogP contribution in [0.15, 0.2) is 42.5 Å². The molecular formula is C20H21N5O3S. The normalized spacial score (nSPS) is 15.4. The SMILES string of the molecule is COc1ccccc1-c1nn(CN2c3ccc([N+](=O)[O-])cc3CC2C)c(=S)n1C. The van der Waals surface area contributed by atoms with Gasteiger partial charge in [-0.3, -0.25) is 10.1 Å². The quantitative estimate of drug-likeness (QED) is 0.359. The average molecular weight is 411 g/mol. The number of hydrogen-bond donors (Lipinski definition) is 0. The third-order valence-electron chi connectivity index (χ3n) is 5.31. The summed E-state index contributed by atoms with van der Waals surface area (Å²) in [5, 5.41) is 15.8. The number of anilines is 1. The van der Waals surface area contributed by atoms with E-state index in [0.717, 1.165) is 34.8 Å². The molecule has 0 N–H and O–H groups in total. The van der Waals surface area contributed by atoms with Gasteiger partial charge in [0.05, 0.1) is 17.6 Å². The molecule has 1 aromatic heterocycles. The van der Waals surface area contributed by atoms with Gasteiger partial charge in [0.25, 0.3) is 5.69 Å². The van der Waals surface area contributed by atoms with Crippen molar-refractivity contribution in [2.75, 3.05) is 12.0 Å². The van der Waals surface area contributed by atoms with Crippen LogP contribution < -0.4 is 9.64 Å². The molecule has 4 rings (SSSR count). The summed E-state index contributed by atoms with van der Waals surface area (Å²) < 4.78 is 9.71. The van der Waals surface area contributed by atoms with Crippen LogP contribution in [0.2, 0.25) is 0 Å². The van der Waals surface area contributed by atoms with Crippen LogP contribution in [0.25, 0.3) is 11.4 Å². The number of benzene rings is 2. The lowest BCUT2D eigenvalue weighted by atomic mass is 10.1. The first-order valence-corrected chi connectivity index (χ1v) is 9.62. The number of aromatic nitrogens is 3. The number of non-ortho nitro benzene ring substituents is 1. The predicted octanol–water partition coefficient (Wildman–Crippen LogP) is 3.94. The van der Waals surface area contributed by atoms with Gasteiger partial charge in [0.15, 0.2) is 10.6 Å². The molecule has 1 aliphatic heterocycles. The standard InChI is InChI=1S/C20H21N5O3S/c1-13-10-14-11-15(25(26)27)8-9-17(14)23(13)12-24-20(29)22(2)19(21-24)16-6-4-5-7-18(16)28-3/h4-9,11,13H,10,12H2,1-3H3. The van der Waals surface area contributed by atoms with Crippen LogP contribution in [0, 0.1) is 14.9 Å². The van der Waals surface area contributed by atoms with E-state index in [4.69, 9.17) is 22.1 Å². The van der Waals surface area contributed by atoms with Gasteiger partial charge in [-0.15, -0.1) is 5.10 Å². The minimum atomic E-state index is -0.359. The van der Waals surface area contributed by atoms with Crippen LogP contribution in [-0.2, 0) is 20.1 Å².